The van der Waals surface area contributed by atoms with Gasteiger partial charge in [0, 0.05) is 47.6 Å². The van der Waals surface area contributed by atoms with Gasteiger partial charge in [-0.05, 0) is 92.7 Å². The Morgan fingerprint density at radius 1 is 0.288 bits per heavy atom. The summed E-state index contributed by atoms with van der Waals surface area (Å²) in [4.78, 5) is 16.2. The summed E-state index contributed by atoms with van der Waals surface area (Å²) in [5.74, 6) is 1.81. The maximum Gasteiger partial charge on any atom is 0.166 e. The van der Waals surface area contributed by atoms with E-state index in [1.165, 1.54) is 41.7 Å². The molecule has 3 heterocycles. The lowest BCUT2D eigenvalue weighted by molar-refractivity contribution is 1.06. The summed E-state index contributed by atoms with van der Waals surface area (Å²) in [6.45, 7) is 0. The second kappa shape index (κ2) is 15.6. The van der Waals surface area contributed by atoms with Gasteiger partial charge in [-0.3, -0.25) is 0 Å². The molecule has 0 saturated carbocycles. The molecule has 0 bridgehead atoms. The Bertz CT molecular complexity index is 3960. The minimum atomic E-state index is 0.596. The van der Waals surface area contributed by atoms with E-state index in [0.717, 1.165) is 66.8 Å². The Hall–Kier alpha value is -8.51. The van der Waals surface area contributed by atoms with Gasteiger partial charge < -0.3 is 4.57 Å². The van der Waals surface area contributed by atoms with Crippen molar-refractivity contribution >= 4 is 64.1 Å². The first-order valence-electron chi connectivity index (χ1n) is 22.3. The van der Waals surface area contributed by atoms with Crippen LogP contribution in [-0.4, -0.2) is 19.5 Å². The van der Waals surface area contributed by atoms with Crippen LogP contribution in [0, 0.1) is 0 Å². The van der Waals surface area contributed by atoms with Crippen LogP contribution >= 0.6 is 11.3 Å². The molecule has 13 aromatic rings. The number of rotatable bonds is 7. The van der Waals surface area contributed by atoms with E-state index in [1.54, 1.807) is 0 Å². The smallest absolute Gasteiger partial charge is 0.166 e. The van der Waals surface area contributed by atoms with Crippen molar-refractivity contribution in [2.75, 3.05) is 0 Å². The zero-order valence-electron chi connectivity index (χ0n) is 35.6. The standard InChI is InChI=1S/C61H38N4S/c1-2-15-39(16-3-1)42-32-34-53(56(37-42)65-54-28-9-6-24-49(54)50-25-7-10-29-55(50)65)61-63-59(45-21-12-19-41(35-45)43-31-33-52-51-26-8-11-30-57(51)66-58(52)38-43)62-60(64-61)46-22-13-20-44(36-46)48-27-14-18-40-17-4-5-23-47(40)48/h1-38H. The number of benzene rings is 10. The lowest BCUT2D eigenvalue weighted by Crippen LogP contribution is -2.04. The average Bonchev–Trinajstić information content (AvgIpc) is 3.94. The Morgan fingerprint density at radius 3 is 1.58 bits per heavy atom. The Morgan fingerprint density at radius 2 is 0.803 bits per heavy atom. The lowest BCUT2D eigenvalue weighted by atomic mass is 9.97. The third-order valence-corrected chi connectivity index (χ3v) is 14.0. The molecule has 0 fully saturated rings. The van der Waals surface area contributed by atoms with Crippen molar-refractivity contribution in [3.8, 4) is 73.2 Å². The Balaban J connectivity index is 1.04. The van der Waals surface area contributed by atoms with Gasteiger partial charge in [-0.15, -0.1) is 11.3 Å². The molecular formula is C61H38N4S. The highest BCUT2D eigenvalue weighted by Gasteiger charge is 2.21. The van der Waals surface area contributed by atoms with Gasteiger partial charge in [0.2, 0.25) is 0 Å². The summed E-state index contributed by atoms with van der Waals surface area (Å²) < 4.78 is 4.94. The second-order valence-corrected chi connectivity index (χ2v) is 17.9. The van der Waals surface area contributed by atoms with Crippen LogP contribution in [0.3, 0.4) is 0 Å². The number of thiophene rings is 1. The van der Waals surface area contributed by atoms with Crippen LogP contribution in [0.5, 0.6) is 0 Å². The third kappa shape index (κ3) is 6.48. The molecular weight excluding hydrogens is 821 g/mol. The molecule has 0 aliphatic heterocycles. The van der Waals surface area contributed by atoms with Crippen LogP contribution in [0.2, 0.25) is 0 Å². The van der Waals surface area contributed by atoms with Gasteiger partial charge in [0.05, 0.1) is 16.7 Å². The third-order valence-electron chi connectivity index (χ3n) is 12.9. The highest BCUT2D eigenvalue weighted by Crippen LogP contribution is 2.40. The summed E-state index contributed by atoms with van der Waals surface area (Å²) in [6.07, 6.45) is 0. The normalized spacial score (nSPS) is 11.6. The van der Waals surface area contributed by atoms with Gasteiger partial charge in [-0.1, -0.05) is 182 Å². The molecule has 0 unspecified atom stereocenters. The van der Waals surface area contributed by atoms with Crippen molar-refractivity contribution in [3.63, 3.8) is 0 Å². The van der Waals surface area contributed by atoms with E-state index < -0.39 is 0 Å². The first-order valence-corrected chi connectivity index (χ1v) is 23.1. The predicted octanol–water partition coefficient (Wildman–Crippen LogP) is 16.5. The van der Waals surface area contributed by atoms with Crippen LogP contribution in [0.25, 0.3) is 126 Å². The van der Waals surface area contributed by atoms with Crippen molar-refractivity contribution < 1.29 is 0 Å². The molecule has 0 saturated heterocycles. The number of hydrogen-bond acceptors (Lipinski definition) is 4. The van der Waals surface area contributed by atoms with Crippen LogP contribution in [-0.2, 0) is 0 Å². The second-order valence-electron chi connectivity index (χ2n) is 16.8. The molecule has 308 valence electrons. The summed E-state index contributed by atoms with van der Waals surface area (Å²) >= 11 is 1.84. The average molecular weight is 859 g/mol. The Kier molecular flexibility index (Phi) is 9.00. The minimum Gasteiger partial charge on any atom is -0.308 e. The maximum atomic E-state index is 5.43. The van der Waals surface area contributed by atoms with Crippen LogP contribution in [0.1, 0.15) is 0 Å². The van der Waals surface area contributed by atoms with Gasteiger partial charge in [0.25, 0.3) is 0 Å². The van der Waals surface area contributed by atoms with Crippen LogP contribution in [0.15, 0.2) is 231 Å². The van der Waals surface area contributed by atoms with Crippen molar-refractivity contribution in [2.45, 2.75) is 0 Å². The molecule has 0 N–H and O–H groups in total. The number of hydrogen-bond donors (Lipinski definition) is 0. The van der Waals surface area contributed by atoms with Crippen molar-refractivity contribution in [1.29, 1.82) is 0 Å². The molecule has 0 radical (unpaired) electrons. The topological polar surface area (TPSA) is 43.6 Å². The number of para-hydroxylation sites is 2. The van der Waals surface area contributed by atoms with Crippen molar-refractivity contribution in [1.82, 2.24) is 19.5 Å². The fraction of sp³-hybridized carbons (Fsp3) is 0. The largest absolute Gasteiger partial charge is 0.308 e. The molecule has 5 heteroatoms. The Labute approximate surface area is 385 Å². The van der Waals surface area contributed by atoms with Crippen LogP contribution < -0.4 is 0 Å². The number of fused-ring (bicyclic) bond motifs is 7. The van der Waals surface area contributed by atoms with Gasteiger partial charge in [0.1, 0.15) is 0 Å². The molecule has 0 atom stereocenters. The predicted molar refractivity (Wildman–Crippen MR) is 277 cm³/mol. The quantitative estimate of drug-likeness (QED) is 0.160. The SMILES string of the molecule is c1ccc(-c2ccc(-c3nc(-c4cccc(-c5ccc6c(c5)sc5ccccc56)c4)nc(-c4cccc(-c5cccc6ccccc56)c4)n3)c(-n3c4ccccc4c4ccccc43)c2)cc1. The highest BCUT2D eigenvalue weighted by molar-refractivity contribution is 7.25. The molecule has 10 aromatic carbocycles. The first kappa shape index (κ1) is 38.0. The zero-order valence-corrected chi connectivity index (χ0v) is 36.5. The minimum absolute atomic E-state index is 0.596. The van der Waals surface area contributed by atoms with Crippen molar-refractivity contribution in [3.05, 3.63) is 231 Å². The van der Waals surface area contributed by atoms with E-state index in [2.05, 4.69) is 235 Å². The van der Waals surface area contributed by atoms with Crippen LogP contribution in [0.4, 0.5) is 0 Å². The lowest BCUT2D eigenvalue weighted by Gasteiger charge is -2.17. The summed E-state index contributed by atoms with van der Waals surface area (Å²) in [6, 6.07) is 82.3. The molecule has 66 heavy (non-hydrogen) atoms. The fourth-order valence-electron chi connectivity index (χ4n) is 9.70. The van der Waals surface area contributed by atoms with E-state index >= 15 is 0 Å². The first-order chi connectivity index (χ1) is 32.7. The number of nitrogens with zero attached hydrogens (tertiary/aromatic N) is 4. The summed E-state index contributed by atoms with van der Waals surface area (Å²) in [7, 11) is 0. The monoisotopic (exact) mass is 858 g/mol. The van der Waals surface area contributed by atoms with E-state index in [0.29, 0.717) is 17.5 Å². The molecule has 0 aliphatic carbocycles. The molecule has 0 aliphatic rings. The van der Waals surface area contributed by atoms with Gasteiger partial charge >= 0.3 is 0 Å². The van der Waals surface area contributed by atoms with Gasteiger partial charge in [-0.25, -0.2) is 15.0 Å². The van der Waals surface area contributed by atoms with Gasteiger partial charge in [-0.2, -0.15) is 0 Å². The highest BCUT2D eigenvalue weighted by atomic mass is 32.1. The summed E-state index contributed by atoms with van der Waals surface area (Å²) in [5.41, 5.74) is 12.7. The molecule has 0 amide bonds. The maximum absolute atomic E-state index is 5.43. The van der Waals surface area contributed by atoms with E-state index in [4.69, 9.17) is 15.0 Å². The molecule has 0 spiro atoms. The molecule has 3 aromatic heterocycles. The van der Waals surface area contributed by atoms with Gasteiger partial charge in [0.15, 0.2) is 17.5 Å². The van der Waals surface area contributed by atoms with E-state index in [1.807, 2.05) is 11.3 Å². The van der Waals surface area contributed by atoms with E-state index in [-0.39, 0.29) is 0 Å². The van der Waals surface area contributed by atoms with Crippen molar-refractivity contribution in [2.24, 2.45) is 0 Å². The fourth-order valence-corrected chi connectivity index (χ4v) is 10.8. The summed E-state index contributed by atoms with van der Waals surface area (Å²) in [5, 5.41) is 7.37. The molecule has 13 rings (SSSR count). The van der Waals surface area contributed by atoms with E-state index in [9.17, 15) is 0 Å². The molecule has 4 nitrogen and oxygen atoms in total. The number of aromatic nitrogens is 4. The zero-order chi connectivity index (χ0) is 43.6.